The van der Waals surface area contributed by atoms with E-state index in [2.05, 4.69) is 5.32 Å². The second-order valence-electron chi connectivity index (χ2n) is 4.35. The minimum Gasteiger partial charge on any atom is -0.347 e. The second-order valence-corrected chi connectivity index (χ2v) is 4.35. The smallest absolute Gasteiger partial charge is 0.311 e. The number of nitrogens with zero attached hydrogens (tertiary/aromatic N) is 2. The van der Waals surface area contributed by atoms with Gasteiger partial charge in [-0.2, -0.15) is 0 Å². The van der Waals surface area contributed by atoms with Crippen molar-refractivity contribution in [2.24, 2.45) is 0 Å². The summed E-state index contributed by atoms with van der Waals surface area (Å²) in [4.78, 5) is 27.0. The van der Waals surface area contributed by atoms with E-state index in [1.165, 1.54) is 0 Å². The Labute approximate surface area is 104 Å². The first-order chi connectivity index (χ1) is 8.02. The first-order valence-electron chi connectivity index (χ1n) is 6.24. The van der Waals surface area contributed by atoms with Crippen molar-refractivity contribution in [3.63, 3.8) is 0 Å². The van der Waals surface area contributed by atoms with Crippen LogP contribution < -0.4 is 5.32 Å². The lowest BCUT2D eigenvalue weighted by atomic mass is 10.3. The van der Waals surface area contributed by atoms with Crippen LogP contribution >= 0.6 is 0 Å². The Bertz CT molecular complexity index is 236. The minimum atomic E-state index is -0.492. The van der Waals surface area contributed by atoms with Gasteiger partial charge in [0.15, 0.2) is 0 Å². The highest BCUT2D eigenvalue weighted by Crippen LogP contribution is 1.95. The van der Waals surface area contributed by atoms with Crippen LogP contribution in [0, 0.1) is 0 Å². The molecule has 1 N–H and O–H groups in total. The zero-order chi connectivity index (χ0) is 13.3. The molecule has 0 aromatic carbocycles. The number of rotatable bonds is 7. The summed E-state index contributed by atoms with van der Waals surface area (Å²) in [5.41, 5.74) is 0. The second kappa shape index (κ2) is 8.98. The Hall–Kier alpha value is -1.10. The summed E-state index contributed by atoms with van der Waals surface area (Å²) in [6.07, 6.45) is 1.74. The summed E-state index contributed by atoms with van der Waals surface area (Å²) in [6.45, 7) is 6.53. The van der Waals surface area contributed by atoms with Gasteiger partial charge in [0.25, 0.3) is 0 Å². The Morgan fingerprint density at radius 1 is 1.00 bits per heavy atom. The number of nitrogens with one attached hydrogen (secondary N) is 1. The summed E-state index contributed by atoms with van der Waals surface area (Å²) < 4.78 is 0. The molecule has 100 valence electrons. The van der Waals surface area contributed by atoms with Gasteiger partial charge in [-0.05, 0) is 26.9 Å². The fourth-order valence-electron chi connectivity index (χ4n) is 1.47. The molecule has 0 aliphatic heterocycles. The van der Waals surface area contributed by atoms with Crippen LogP contribution in [0.1, 0.15) is 26.7 Å². The maximum Gasteiger partial charge on any atom is 0.311 e. The van der Waals surface area contributed by atoms with Gasteiger partial charge in [-0.15, -0.1) is 0 Å². The molecule has 0 saturated heterocycles. The first-order valence-corrected chi connectivity index (χ1v) is 6.24. The Morgan fingerprint density at radius 2 is 1.53 bits per heavy atom. The molecule has 0 rings (SSSR count). The third kappa shape index (κ3) is 6.94. The maximum atomic E-state index is 11.8. The van der Waals surface area contributed by atoms with Crippen LogP contribution in [-0.4, -0.2) is 61.9 Å². The van der Waals surface area contributed by atoms with Crippen LogP contribution in [0.15, 0.2) is 0 Å². The van der Waals surface area contributed by atoms with E-state index in [1.807, 2.05) is 32.8 Å². The molecule has 0 bridgehead atoms. The topological polar surface area (TPSA) is 52.7 Å². The van der Waals surface area contributed by atoms with Gasteiger partial charge in [-0.25, -0.2) is 0 Å². The van der Waals surface area contributed by atoms with Gasteiger partial charge in [0.1, 0.15) is 0 Å². The van der Waals surface area contributed by atoms with Crippen LogP contribution in [0.4, 0.5) is 0 Å². The lowest BCUT2D eigenvalue weighted by Crippen LogP contribution is -2.45. The normalized spacial score (nSPS) is 10.4. The molecular weight excluding hydrogens is 218 g/mol. The van der Waals surface area contributed by atoms with Crippen molar-refractivity contribution in [1.82, 2.24) is 15.1 Å². The van der Waals surface area contributed by atoms with E-state index in [4.69, 9.17) is 0 Å². The van der Waals surface area contributed by atoms with E-state index in [1.54, 1.807) is 4.90 Å². The lowest BCUT2D eigenvalue weighted by molar-refractivity contribution is -0.145. The molecule has 2 amide bonds. The molecule has 0 aromatic heterocycles. The lowest BCUT2D eigenvalue weighted by Gasteiger charge is -2.20. The molecule has 17 heavy (non-hydrogen) atoms. The van der Waals surface area contributed by atoms with Crippen LogP contribution in [0.5, 0.6) is 0 Å². The highest BCUT2D eigenvalue weighted by atomic mass is 16.2. The van der Waals surface area contributed by atoms with Crippen molar-refractivity contribution >= 4 is 11.8 Å². The van der Waals surface area contributed by atoms with E-state index < -0.39 is 11.8 Å². The molecular formula is C12H25N3O2. The van der Waals surface area contributed by atoms with Crippen LogP contribution in [0.3, 0.4) is 0 Å². The number of likely N-dealkylation sites (N-methyl/N-ethyl adjacent to an activating group) is 1. The van der Waals surface area contributed by atoms with Gasteiger partial charge < -0.3 is 15.1 Å². The Morgan fingerprint density at radius 3 is 1.94 bits per heavy atom. The largest absolute Gasteiger partial charge is 0.347 e. The fraction of sp³-hybridized carbons (Fsp3) is 0.833. The molecule has 0 radical (unpaired) electrons. The Balaban J connectivity index is 4.11. The number of carbonyl (C=O) groups is 2. The monoisotopic (exact) mass is 243 g/mol. The average molecular weight is 243 g/mol. The third-order valence-corrected chi connectivity index (χ3v) is 2.31. The zero-order valence-electron chi connectivity index (χ0n) is 11.5. The van der Waals surface area contributed by atoms with E-state index in [0.29, 0.717) is 19.6 Å². The molecule has 0 atom stereocenters. The summed E-state index contributed by atoms with van der Waals surface area (Å²) in [6, 6.07) is 0. The minimum absolute atomic E-state index is 0.410. The van der Waals surface area contributed by atoms with Crippen LogP contribution in [0.2, 0.25) is 0 Å². The van der Waals surface area contributed by atoms with Crippen molar-refractivity contribution in [2.45, 2.75) is 26.7 Å². The van der Waals surface area contributed by atoms with E-state index in [9.17, 15) is 9.59 Å². The predicted molar refractivity (Wildman–Crippen MR) is 68.7 cm³/mol. The molecule has 5 heteroatoms. The number of hydrogen-bond acceptors (Lipinski definition) is 3. The molecule has 0 aliphatic rings. The summed E-state index contributed by atoms with van der Waals surface area (Å²) in [5.74, 6) is -0.902. The van der Waals surface area contributed by atoms with Gasteiger partial charge in [0.05, 0.1) is 0 Å². The van der Waals surface area contributed by atoms with E-state index >= 15 is 0 Å². The van der Waals surface area contributed by atoms with E-state index in [-0.39, 0.29) is 0 Å². The molecule has 5 nitrogen and oxygen atoms in total. The molecule has 0 spiro atoms. The first kappa shape index (κ1) is 15.9. The average Bonchev–Trinajstić information content (AvgIpc) is 2.27. The SMILES string of the molecule is CCCN(CCC)C(=O)C(=O)NCCN(C)C. The quantitative estimate of drug-likeness (QED) is 0.655. The van der Waals surface area contributed by atoms with Crippen molar-refractivity contribution < 1.29 is 9.59 Å². The standard InChI is InChI=1S/C12H25N3O2/c1-5-8-15(9-6-2)12(17)11(16)13-7-10-14(3)4/h5-10H2,1-4H3,(H,13,16). The summed E-state index contributed by atoms with van der Waals surface area (Å²) in [5, 5.41) is 2.64. The molecule has 0 heterocycles. The number of hydrogen-bond donors (Lipinski definition) is 1. The zero-order valence-corrected chi connectivity index (χ0v) is 11.5. The molecule has 0 saturated carbocycles. The van der Waals surface area contributed by atoms with Crippen molar-refractivity contribution in [3.05, 3.63) is 0 Å². The molecule has 0 aromatic rings. The maximum absolute atomic E-state index is 11.8. The molecule has 0 fully saturated rings. The van der Waals surface area contributed by atoms with E-state index in [0.717, 1.165) is 19.4 Å². The van der Waals surface area contributed by atoms with Crippen molar-refractivity contribution in [2.75, 3.05) is 40.3 Å². The highest BCUT2D eigenvalue weighted by molar-refractivity contribution is 6.34. The van der Waals surface area contributed by atoms with Crippen molar-refractivity contribution in [1.29, 1.82) is 0 Å². The van der Waals surface area contributed by atoms with Crippen molar-refractivity contribution in [3.8, 4) is 0 Å². The predicted octanol–water partition coefficient (Wildman–Crippen LogP) is 0.313. The summed E-state index contributed by atoms with van der Waals surface area (Å²) in [7, 11) is 3.85. The van der Waals surface area contributed by atoms with Crippen LogP contribution in [-0.2, 0) is 9.59 Å². The van der Waals surface area contributed by atoms with Gasteiger partial charge in [0.2, 0.25) is 0 Å². The van der Waals surface area contributed by atoms with Gasteiger partial charge in [0, 0.05) is 26.2 Å². The third-order valence-electron chi connectivity index (χ3n) is 2.31. The van der Waals surface area contributed by atoms with Gasteiger partial charge in [-0.3, -0.25) is 9.59 Å². The number of amides is 2. The molecule has 0 aliphatic carbocycles. The molecule has 0 unspecified atom stereocenters. The number of carbonyl (C=O) groups excluding carboxylic acids is 2. The fourth-order valence-corrected chi connectivity index (χ4v) is 1.47. The Kier molecular flexibility index (Phi) is 8.40. The van der Waals surface area contributed by atoms with Gasteiger partial charge in [-0.1, -0.05) is 13.8 Å². The summed E-state index contributed by atoms with van der Waals surface area (Å²) >= 11 is 0. The highest BCUT2D eigenvalue weighted by Gasteiger charge is 2.19. The van der Waals surface area contributed by atoms with Crippen LogP contribution in [0.25, 0.3) is 0 Å². The van der Waals surface area contributed by atoms with Gasteiger partial charge >= 0.3 is 11.8 Å².